The third-order valence-electron chi connectivity index (χ3n) is 3.14. The summed E-state index contributed by atoms with van der Waals surface area (Å²) in [5.41, 5.74) is 2.33. The highest BCUT2D eigenvalue weighted by molar-refractivity contribution is 5.67. The summed E-state index contributed by atoms with van der Waals surface area (Å²) in [6.07, 6.45) is 0.421. The molecule has 100 valence electrons. The van der Waals surface area contributed by atoms with Crippen molar-refractivity contribution in [1.29, 1.82) is 0 Å². The van der Waals surface area contributed by atoms with Crippen molar-refractivity contribution in [2.24, 2.45) is 7.05 Å². The molecule has 0 aliphatic rings. The van der Waals surface area contributed by atoms with Crippen LogP contribution in [0.1, 0.15) is 17.8 Å². The monoisotopic (exact) mass is 262 g/mol. The van der Waals surface area contributed by atoms with Crippen LogP contribution < -0.4 is 0 Å². The Kier molecular flexibility index (Phi) is 3.64. The molecule has 0 saturated carbocycles. The lowest BCUT2D eigenvalue weighted by Crippen LogP contribution is -1.99. The lowest BCUT2D eigenvalue weighted by atomic mass is 10.2. The van der Waals surface area contributed by atoms with Crippen LogP contribution in [-0.4, -0.2) is 20.6 Å². The van der Waals surface area contributed by atoms with Crippen LogP contribution in [0, 0.1) is 12.7 Å². The molecule has 19 heavy (non-hydrogen) atoms. The molecular formula is C14H15FN2O2. The Hall–Kier alpha value is -2.17. The minimum atomic E-state index is -0.850. The molecule has 0 aliphatic heterocycles. The smallest absolute Gasteiger partial charge is 0.303 e. The van der Waals surface area contributed by atoms with E-state index in [1.165, 1.54) is 12.1 Å². The van der Waals surface area contributed by atoms with Crippen LogP contribution in [0.15, 0.2) is 24.3 Å². The quantitative estimate of drug-likeness (QED) is 0.921. The first-order valence-electron chi connectivity index (χ1n) is 5.99. The standard InChI is InChI=1S/C14H15FN2O2/c1-9-12(6-7-13(18)19)16-14(17(9)2)10-4-3-5-11(15)8-10/h3-5,8H,6-7H2,1-2H3,(H,18,19). The zero-order valence-corrected chi connectivity index (χ0v) is 10.9. The fraction of sp³-hybridized carbons (Fsp3) is 0.286. The summed E-state index contributed by atoms with van der Waals surface area (Å²) in [6, 6.07) is 6.21. The first kappa shape index (κ1) is 13.3. The summed E-state index contributed by atoms with van der Waals surface area (Å²) in [7, 11) is 1.84. The predicted molar refractivity (Wildman–Crippen MR) is 69.3 cm³/mol. The van der Waals surface area contributed by atoms with Crippen molar-refractivity contribution in [2.75, 3.05) is 0 Å². The Bertz CT molecular complexity index is 620. The average molecular weight is 262 g/mol. The number of hydrogen-bond donors (Lipinski definition) is 1. The SMILES string of the molecule is Cc1c(CCC(=O)O)nc(-c2cccc(F)c2)n1C. The number of halogens is 1. The van der Waals surface area contributed by atoms with E-state index in [2.05, 4.69) is 4.98 Å². The number of benzene rings is 1. The van der Waals surface area contributed by atoms with Crippen LogP contribution in [0.4, 0.5) is 4.39 Å². The summed E-state index contributed by atoms with van der Waals surface area (Å²) < 4.78 is 15.1. The first-order chi connectivity index (χ1) is 8.99. The lowest BCUT2D eigenvalue weighted by molar-refractivity contribution is -0.136. The summed E-state index contributed by atoms with van der Waals surface area (Å²) in [4.78, 5) is 15.0. The highest BCUT2D eigenvalue weighted by Crippen LogP contribution is 2.22. The maximum absolute atomic E-state index is 13.2. The van der Waals surface area contributed by atoms with Crippen molar-refractivity contribution in [1.82, 2.24) is 9.55 Å². The highest BCUT2D eigenvalue weighted by Gasteiger charge is 2.14. The van der Waals surface area contributed by atoms with Crippen LogP contribution in [0.5, 0.6) is 0 Å². The Morgan fingerprint density at radius 1 is 1.47 bits per heavy atom. The van der Waals surface area contributed by atoms with E-state index >= 15 is 0 Å². The van der Waals surface area contributed by atoms with Gasteiger partial charge in [0.1, 0.15) is 11.6 Å². The average Bonchev–Trinajstić information content (AvgIpc) is 2.64. The molecule has 0 amide bonds. The van der Waals surface area contributed by atoms with E-state index < -0.39 is 5.97 Å². The van der Waals surface area contributed by atoms with Gasteiger partial charge in [0.25, 0.3) is 0 Å². The van der Waals surface area contributed by atoms with Gasteiger partial charge in [-0.2, -0.15) is 0 Å². The molecule has 0 atom stereocenters. The van der Waals surface area contributed by atoms with Gasteiger partial charge in [0.05, 0.1) is 12.1 Å². The summed E-state index contributed by atoms with van der Waals surface area (Å²) in [5, 5.41) is 8.71. The van der Waals surface area contributed by atoms with Gasteiger partial charge in [-0.1, -0.05) is 12.1 Å². The fourth-order valence-electron chi connectivity index (χ4n) is 1.98. The summed E-state index contributed by atoms with van der Waals surface area (Å²) >= 11 is 0. The lowest BCUT2D eigenvalue weighted by Gasteiger charge is -2.03. The number of nitrogens with zero attached hydrogens (tertiary/aromatic N) is 2. The van der Waals surface area contributed by atoms with Crippen LogP contribution >= 0.6 is 0 Å². The molecule has 0 unspecified atom stereocenters. The first-order valence-corrected chi connectivity index (χ1v) is 5.99. The van der Waals surface area contributed by atoms with Gasteiger partial charge in [0.15, 0.2) is 0 Å². The highest BCUT2D eigenvalue weighted by atomic mass is 19.1. The van der Waals surface area contributed by atoms with E-state index in [0.717, 1.165) is 11.4 Å². The van der Waals surface area contributed by atoms with Crippen molar-refractivity contribution < 1.29 is 14.3 Å². The van der Waals surface area contributed by atoms with Gasteiger partial charge in [0, 0.05) is 24.7 Å². The fourth-order valence-corrected chi connectivity index (χ4v) is 1.98. The van der Waals surface area contributed by atoms with E-state index in [-0.39, 0.29) is 12.2 Å². The molecule has 0 spiro atoms. The molecule has 2 aromatic rings. The van der Waals surface area contributed by atoms with E-state index in [0.29, 0.717) is 17.8 Å². The molecule has 0 saturated heterocycles. The molecule has 4 nitrogen and oxygen atoms in total. The molecule has 0 fully saturated rings. The van der Waals surface area contributed by atoms with Crippen molar-refractivity contribution in [3.8, 4) is 11.4 Å². The molecule has 2 rings (SSSR count). The topological polar surface area (TPSA) is 55.1 Å². The van der Waals surface area contributed by atoms with Crippen molar-refractivity contribution in [2.45, 2.75) is 19.8 Å². The second-order valence-corrected chi connectivity index (χ2v) is 4.43. The molecule has 0 radical (unpaired) electrons. The number of carboxylic acids is 1. The molecular weight excluding hydrogens is 247 g/mol. The molecule has 1 N–H and O–H groups in total. The second-order valence-electron chi connectivity index (χ2n) is 4.43. The maximum atomic E-state index is 13.2. The van der Waals surface area contributed by atoms with Gasteiger partial charge in [-0.25, -0.2) is 9.37 Å². The van der Waals surface area contributed by atoms with Gasteiger partial charge in [-0.05, 0) is 19.1 Å². The number of rotatable bonds is 4. The zero-order chi connectivity index (χ0) is 14.0. The Balaban J connectivity index is 2.37. The Morgan fingerprint density at radius 3 is 2.84 bits per heavy atom. The van der Waals surface area contributed by atoms with Gasteiger partial charge in [-0.15, -0.1) is 0 Å². The normalized spacial score (nSPS) is 10.7. The number of aliphatic carboxylic acids is 1. The number of hydrogen-bond acceptors (Lipinski definition) is 2. The van der Waals surface area contributed by atoms with Gasteiger partial charge >= 0.3 is 5.97 Å². The third kappa shape index (κ3) is 2.81. The molecule has 5 heteroatoms. The zero-order valence-electron chi connectivity index (χ0n) is 10.9. The molecule has 1 aromatic heterocycles. The van der Waals surface area contributed by atoms with E-state index in [1.54, 1.807) is 12.1 Å². The van der Waals surface area contributed by atoms with Crippen molar-refractivity contribution in [3.05, 3.63) is 41.5 Å². The number of carbonyl (C=O) groups is 1. The van der Waals surface area contributed by atoms with Gasteiger partial charge in [-0.3, -0.25) is 4.79 Å². The van der Waals surface area contributed by atoms with E-state index in [9.17, 15) is 9.18 Å². The van der Waals surface area contributed by atoms with Crippen LogP contribution in [-0.2, 0) is 18.3 Å². The summed E-state index contributed by atoms with van der Waals surface area (Å²) in [6.45, 7) is 1.88. The maximum Gasteiger partial charge on any atom is 0.303 e. The van der Waals surface area contributed by atoms with Crippen LogP contribution in [0.25, 0.3) is 11.4 Å². The van der Waals surface area contributed by atoms with Gasteiger partial charge < -0.3 is 9.67 Å². The second kappa shape index (κ2) is 5.22. The molecule has 0 bridgehead atoms. The minimum absolute atomic E-state index is 0.0421. The Morgan fingerprint density at radius 2 is 2.21 bits per heavy atom. The predicted octanol–water partition coefficient (Wildman–Crippen LogP) is 2.55. The minimum Gasteiger partial charge on any atom is -0.481 e. The largest absolute Gasteiger partial charge is 0.481 e. The van der Waals surface area contributed by atoms with E-state index in [4.69, 9.17) is 5.11 Å². The van der Waals surface area contributed by atoms with Crippen LogP contribution in [0.2, 0.25) is 0 Å². The van der Waals surface area contributed by atoms with Crippen molar-refractivity contribution >= 4 is 5.97 Å². The number of carboxylic acid groups (broad SMARTS) is 1. The third-order valence-corrected chi connectivity index (χ3v) is 3.14. The summed E-state index contributed by atoms with van der Waals surface area (Å²) in [5.74, 6) is -0.514. The van der Waals surface area contributed by atoms with Crippen molar-refractivity contribution in [3.63, 3.8) is 0 Å². The van der Waals surface area contributed by atoms with Gasteiger partial charge in [0.2, 0.25) is 0 Å². The Labute approximate surface area is 110 Å². The van der Waals surface area contributed by atoms with Crippen LogP contribution in [0.3, 0.4) is 0 Å². The molecule has 1 heterocycles. The molecule has 1 aromatic carbocycles. The molecule has 0 aliphatic carbocycles. The number of aromatic nitrogens is 2. The van der Waals surface area contributed by atoms with E-state index in [1.807, 2.05) is 18.5 Å². The number of imidazole rings is 1. The number of aryl methyl sites for hydroxylation is 1.